The minimum atomic E-state index is 0. The molecule has 148 valence electrons. The van der Waals surface area contributed by atoms with Gasteiger partial charge in [-0.3, -0.25) is 4.79 Å². The number of nitrogens with zero attached hydrogens (tertiary/aromatic N) is 2. The molecule has 0 radical (unpaired) electrons. The molecule has 3 aliphatic rings. The molecule has 1 N–H and O–H groups in total. The van der Waals surface area contributed by atoms with E-state index < -0.39 is 0 Å². The van der Waals surface area contributed by atoms with Gasteiger partial charge in [0.2, 0.25) is 0 Å². The molecule has 2 atom stereocenters. The van der Waals surface area contributed by atoms with E-state index in [2.05, 4.69) is 41.8 Å². The SMILES string of the molecule is O=C(C[NH+]1CCCCC1)N1N=C2c3ccccc3CCC2C1c1cccs1.[Cl-]. The van der Waals surface area contributed by atoms with Gasteiger partial charge < -0.3 is 17.3 Å². The van der Waals surface area contributed by atoms with Crippen molar-refractivity contribution in [1.29, 1.82) is 0 Å². The van der Waals surface area contributed by atoms with Gasteiger partial charge in [0.1, 0.15) is 0 Å². The summed E-state index contributed by atoms with van der Waals surface area (Å²) in [5.41, 5.74) is 3.74. The first-order chi connectivity index (χ1) is 13.3. The van der Waals surface area contributed by atoms with Gasteiger partial charge in [-0.2, -0.15) is 5.10 Å². The van der Waals surface area contributed by atoms with Gasteiger partial charge >= 0.3 is 0 Å². The lowest BCUT2D eigenvalue weighted by Crippen LogP contribution is -3.13. The van der Waals surface area contributed by atoms with Crippen LogP contribution in [-0.4, -0.2) is 36.3 Å². The number of rotatable bonds is 3. The first-order valence-corrected chi connectivity index (χ1v) is 11.0. The summed E-state index contributed by atoms with van der Waals surface area (Å²) in [5, 5.41) is 8.90. The van der Waals surface area contributed by atoms with Gasteiger partial charge in [-0.15, -0.1) is 11.3 Å². The van der Waals surface area contributed by atoms with E-state index in [1.807, 2.05) is 5.01 Å². The van der Waals surface area contributed by atoms with Crippen molar-refractivity contribution in [2.75, 3.05) is 19.6 Å². The molecule has 0 spiro atoms. The Balaban J connectivity index is 0.00000192. The number of carbonyl (C=O) groups excluding carboxylic acids is 1. The summed E-state index contributed by atoms with van der Waals surface area (Å²) in [6.45, 7) is 2.81. The Bertz CT molecular complexity index is 860. The third-order valence-corrected chi connectivity index (χ3v) is 7.22. The molecule has 2 aromatic rings. The van der Waals surface area contributed by atoms with Crippen LogP contribution in [0.15, 0.2) is 46.9 Å². The molecule has 0 bridgehead atoms. The lowest BCUT2D eigenvalue weighted by molar-refractivity contribution is -0.897. The predicted octanol–water partition coefficient (Wildman–Crippen LogP) is -0.329. The van der Waals surface area contributed by atoms with E-state index in [0.717, 1.165) is 31.6 Å². The van der Waals surface area contributed by atoms with Gasteiger partial charge in [0, 0.05) is 16.4 Å². The van der Waals surface area contributed by atoms with E-state index in [1.54, 1.807) is 11.3 Å². The summed E-state index contributed by atoms with van der Waals surface area (Å²) in [6, 6.07) is 12.9. The van der Waals surface area contributed by atoms with Crippen molar-refractivity contribution < 1.29 is 22.1 Å². The average molecular weight is 416 g/mol. The smallest absolute Gasteiger partial charge is 0.298 e. The Morgan fingerprint density at radius 1 is 1.14 bits per heavy atom. The number of benzene rings is 1. The highest BCUT2D eigenvalue weighted by atomic mass is 35.5. The molecule has 5 rings (SSSR count). The van der Waals surface area contributed by atoms with Crippen molar-refractivity contribution in [3.05, 3.63) is 57.8 Å². The van der Waals surface area contributed by atoms with Crippen molar-refractivity contribution in [3.8, 4) is 0 Å². The van der Waals surface area contributed by atoms with Crippen LogP contribution in [0.4, 0.5) is 0 Å². The van der Waals surface area contributed by atoms with Crippen LogP contribution in [-0.2, 0) is 11.2 Å². The molecule has 1 aromatic heterocycles. The van der Waals surface area contributed by atoms with E-state index in [9.17, 15) is 4.79 Å². The molecular formula is C22H26ClN3OS. The number of likely N-dealkylation sites (tertiary alicyclic amines) is 1. The number of hydrazone groups is 1. The number of thiophene rings is 1. The van der Waals surface area contributed by atoms with Crippen molar-refractivity contribution in [3.63, 3.8) is 0 Å². The quantitative estimate of drug-likeness (QED) is 0.732. The van der Waals surface area contributed by atoms with E-state index in [0.29, 0.717) is 12.5 Å². The molecule has 6 heteroatoms. The summed E-state index contributed by atoms with van der Waals surface area (Å²) in [7, 11) is 0. The molecule has 2 aliphatic heterocycles. The lowest BCUT2D eigenvalue weighted by atomic mass is 9.79. The monoisotopic (exact) mass is 415 g/mol. The zero-order chi connectivity index (χ0) is 18.2. The largest absolute Gasteiger partial charge is 1.00 e. The maximum absolute atomic E-state index is 13.3. The van der Waals surface area contributed by atoms with Crippen LogP contribution in [0.5, 0.6) is 0 Å². The summed E-state index contributed by atoms with van der Waals surface area (Å²) < 4.78 is 0. The van der Waals surface area contributed by atoms with Crippen LogP contribution in [0, 0.1) is 5.92 Å². The summed E-state index contributed by atoms with van der Waals surface area (Å²) in [4.78, 5) is 16.0. The Kier molecular flexibility index (Phi) is 5.85. The Hall–Kier alpha value is -1.69. The van der Waals surface area contributed by atoms with Gasteiger partial charge in [0.25, 0.3) is 5.91 Å². The van der Waals surface area contributed by atoms with E-state index >= 15 is 0 Å². The van der Waals surface area contributed by atoms with Crippen LogP contribution in [0.2, 0.25) is 0 Å². The molecule has 1 amide bonds. The second-order valence-electron chi connectivity index (χ2n) is 7.97. The highest BCUT2D eigenvalue weighted by Crippen LogP contribution is 2.44. The zero-order valence-electron chi connectivity index (χ0n) is 15.9. The van der Waals surface area contributed by atoms with Crippen molar-refractivity contribution >= 4 is 23.0 Å². The van der Waals surface area contributed by atoms with E-state index in [-0.39, 0.29) is 24.4 Å². The Morgan fingerprint density at radius 3 is 2.75 bits per heavy atom. The second-order valence-corrected chi connectivity index (χ2v) is 8.95. The first-order valence-electron chi connectivity index (χ1n) is 10.2. The third-order valence-electron chi connectivity index (χ3n) is 6.28. The minimum absolute atomic E-state index is 0. The molecule has 1 aromatic carbocycles. The highest BCUT2D eigenvalue weighted by Gasteiger charge is 2.44. The second kappa shape index (κ2) is 8.36. The molecule has 1 saturated heterocycles. The van der Waals surface area contributed by atoms with Crippen LogP contribution < -0.4 is 17.3 Å². The number of piperidine rings is 1. The zero-order valence-corrected chi connectivity index (χ0v) is 17.5. The number of hydrogen-bond acceptors (Lipinski definition) is 3. The van der Waals surface area contributed by atoms with Gasteiger partial charge in [0.05, 0.1) is 24.8 Å². The Morgan fingerprint density at radius 2 is 1.96 bits per heavy atom. The van der Waals surface area contributed by atoms with Crippen molar-refractivity contribution in [1.82, 2.24) is 5.01 Å². The molecule has 2 unspecified atom stereocenters. The van der Waals surface area contributed by atoms with Gasteiger partial charge in [-0.25, -0.2) is 5.01 Å². The normalized spacial score (nSPS) is 24.1. The number of quaternary nitrogens is 1. The number of fused-ring (bicyclic) bond motifs is 3. The van der Waals surface area contributed by atoms with Gasteiger partial charge in [-0.05, 0) is 49.1 Å². The maximum atomic E-state index is 13.3. The number of halogens is 1. The first kappa shape index (κ1) is 19.6. The Labute approximate surface area is 176 Å². The molecule has 3 heterocycles. The molecular weight excluding hydrogens is 390 g/mol. The third kappa shape index (κ3) is 3.51. The summed E-state index contributed by atoms with van der Waals surface area (Å²) in [5.74, 6) is 0.503. The molecule has 28 heavy (non-hydrogen) atoms. The fourth-order valence-electron chi connectivity index (χ4n) is 4.93. The lowest BCUT2D eigenvalue weighted by Gasteiger charge is -2.30. The maximum Gasteiger partial charge on any atom is 0.298 e. The van der Waals surface area contributed by atoms with Crippen molar-refractivity contribution in [2.45, 2.75) is 38.1 Å². The molecule has 1 fully saturated rings. The van der Waals surface area contributed by atoms with Crippen molar-refractivity contribution in [2.24, 2.45) is 11.0 Å². The minimum Gasteiger partial charge on any atom is -1.00 e. The molecule has 4 nitrogen and oxygen atoms in total. The van der Waals surface area contributed by atoms with Crippen LogP contribution in [0.25, 0.3) is 0 Å². The number of carbonyl (C=O) groups is 1. The topological polar surface area (TPSA) is 37.1 Å². The van der Waals surface area contributed by atoms with Gasteiger partial charge in [-0.1, -0.05) is 30.3 Å². The predicted molar refractivity (Wildman–Crippen MR) is 108 cm³/mol. The summed E-state index contributed by atoms with van der Waals surface area (Å²) >= 11 is 1.75. The van der Waals surface area contributed by atoms with E-state index in [4.69, 9.17) is 5.10 Å². The van der Waals surface area contributed by atoms with Crippen LogP contribution in [0.1, 0.15) is 47.7 Å². The highest BCUT2D eigenvalue weighted by molar-refractivity contribution is 7.10. The summed E-state index contributed by atoms with van der Waals surface area (Å²) in [6.07, 6.45) is 5.92. The number of hydrogen-bond donors (Lipinski definition) is 1. The standard InChI is InChI=1S/C22H25N3OS.ClH/c26-20(15-24-12-4-1-5-13-24)25-22(19-9-6-14-27-19)18-11-10-16-7-2-3-8-17(16)21(18)23-25;/h2-3,6-9,14,18,22H,1,4-5,10-13,15H2;1H. The fourth-order valence-corrected chi connectivity index (χ4v) is 5.81. The van der Waals surface area contributed by atoms with E-state index in [1.165, 1.54) is 40.2 Å². The van der Waals surface area contributed by atoms with Crippen LogP contribution in [0.3, 0.4) is 0 Å². The average Bonchev–Trinajstić information content (AvgIpc) is 3.36. The van der Waals surface area contributed by atoms with Gasteiger partial charge in [0.15, 0.2) is 6.54 Å². The van der Waals surface area contributed by atoms with Crippen LogP contribution >= 0.6 is 11.3 Å². The number of amides is 1. The fraction of sp³-hybridized carbons (Fsp3) is 0.455. The molecule has 0 saturated carbocycles. The number of aryl methyl sites for hydroxylation is 1. The number of nitrogens with one attached hydrogen (secondary N) is 1. The molecule has 1 aliphatic carbocycles.